The van der Waals surface area contributed by atoms with Crippen LogP contribution in [0.3, 0.4) is 0 Å². The fourth-order valence-corrected chi connectivity index (χ4v) is 15.3. The second kappa shape index (κ2) is 22.6. The minimum Gasteiger partial charge on any atom is -0.505 e. The van der Waals surface area contributed by atoms with Crippen molar-refractivity contribution in [1.82, 2.24) is 0 Å². The number of benzene rings is 12. The highest BCUT2D eigenvalue weighted by Crippen LogP contribution is 2.56. The molecular formula is C83H76N2O2. The van der Waals surface area contributed by atoms with Crippen LogP contribution in [0, 0.1) is 6.92 Å². The number of phenols is 1. The average molecular weight is 1130 g/mol. The van der Waals surface area contributed by atoms with Gasteiger partial charge in [0, 0.05) is 44.0 Å². The Bertz CT molecular complexity index is 4710. The third-order valence-electron chi connectivity index (χ3n) is 19.8. The SMILES string of the molecule is Cc1ccccc1-c1cccc(-c2cccc(N(c3cccc(C(C)C)c3)c3cc(C4CCCCC4)c4ccc5c(N(c6cccc(C(C)C)c6)c6cccc7c6oc6c(-c8ccccc8)cccc67)cc(C6CCCCC6)c6ccc3c4c65)c2O)c1. The Hall–Kier alpha value is -9.12. The number of aryl methyl sites for hydroxylation is 1. The maximum atomic E-state index is 13.3. The molecule has 12 aromatic carbocycles. The fourth-order valence-electron chi connectivity index (χ4n) is 15.3. The van der Waals surface area contributed by atoms with Crippen LogP contribution in [0.5, 0.6) is 5.75 Å². The standard InChI is InChI=1S/C83H76N2O2/c1-52(2)58-30-18-34-62(48-58)84(75-41-21-37-65(81(75)86)61-33-17-32-60(47-61)64-36-16-15-23-54(64)5)77-50-73(56-26-11-7-12-27-56)67-44-46-72-78(51-74(57-28-13-8-14-29-57)68-43-45-71(77)79(67)80(68)72)85(63-35-19-31-59(49-63)53(3)4)76-42-22-40-70-69-39-20-38-66(82(69)87-83(70)76)55-24-9-6-10-25-55/h6,9-10,15-25,30-53,56-57,86H,7-8,11-14,26-29H2,1-5H3. The van der Waals surface area contributed by atoms with E-state index in [-0.39, 0.29) is 5.75 Å². The molecule has 0 amide bonds. The van der Waals surface area contributed by atoms with Crippen molar-refractivity contribution >= 4 is 88.4 Å². The number of nitrogens with zero attached hydrogens (tertiary/aromatic N) is 2. The minimum atomic E-state index is 0.260. The lowest BCUT2D eigenvalue weighted by atomic mass is 9.77. The van der Waals surface area contributed by atoms with Crippen LogP contribution in [-0.2, 0) is 0 Å². The van der Waals surface area contributed by atoms with Crippen molar-refractivity contribution in [3.05, 3.63) is 246 Å². The number of anilines is 6. The van der Waals surface area contributed by atoms with Gasteiger partial charge in [-0.3, -0.25) is 0 Å². The predicted molar refractivity (Wildman–Crippen MR) is 369 cm³/mol. The second-order valence-corrected chi connectivity index (χ2v) is 25.8. The first-order chi connectivity index (χ1) is 42.7. The summed E-state index contributed by atoms with van der Waals surface area (Å²) in [6.45, 7) is 11.3. The van der Waals surface area contributed by atoms with E-state index >= 15 is 0 Å². The average Bonchev–Trinajstić information content (AvgIpc) is 3.69. The molecule has 1 aromatic heterocycles. The van der Waals surface area contributed by atoms with Gasteiger partial charge < -0.3 is 19.3 Å². The number of fused-ring (bicyclic) bond motifs is 3. The molecule has 0 aliphatic heterocycles. The van der Waals surface area contributed by atoms with Crippen LogP contribution in [0.4, 0.5) is 34.1 Å². The van der Waals surface area contributed by atoms with Crippen molar-refractivity contribution in [3.8, 4) is 39.1 Å². The summed E-state index contributed by atoms with van der Waals surface area (Å²) in [5, 5.41) is 23.2. The van der Waals surface area contributed by atoms with Gasteiger partial charge in [-0.15, -0.1) is 0 Å². The van der Waals surface area contributed by atoms with Gasteiger partial charge in [0.1, 0.15) is 11.3 Å². The van der Waals surface area contributed by atoms with E-state index in [2.05, 4.69) is 263 Å². The molecule has 0 bridgehead atoms. The molecule has 1 N–H and O–H groups in total. The Morgan fingerprint density at radius 1 is 0.368 bits per heavy atom. The van der Waals surface area contributed by atoms with Crippen LogP contribution >= 0.6 is 0 Å². The first-order valence-electron chi connectivity index (χ1n) is 32.2. The van der Waals surface area contributed by atoms with Crippen molar-refractivity contribution in [1.29, 1.82) is 0 Å². The molecular weight excluding hydrogens is 1060 g/mol. The van der Waals surface area contributed by atoms with E-state index in [4.69, 9.17) is 4.42 Å². The zero-order valence-corrected chi connectivity index (χ0v) is 50.9. The monoisotopic (exact) mass is 1130 g/mol. The van der Waals surface area contributed by atoms with E-state index in [0.29, 0.717) is 23.7 Å². The van der Waals surface area contributed by atoms with Crippen LogP contribution in [0.2, 0.25) is 0 Å². The summed E-state index contributed by atoms with van der Waals surface area (Å²) in [4.78, 5) is 4.97. The van der Waals surface area contributed by atoms with Crippen LogP contribution in [-0.4, -0.2) is 5.11 Å². The van der Waals surface area contributed by atoms with Gasteiger partial charge in [0.05, 0.1) is 22.7 Å². The van der Waals surface area contributed by atoms with Gasteiger partial charge in [0.2, 0.25) is 0 Å². The second-order valence-electron chi connectivity index (χ2n) is 25.8. The molecule has 0 atom stereocenters. The highest BCUT2D eigenvalue weighted by molar-refractivity contribution is 6.30. The smallest absolute Gasteiger partial charge is 0.159 e. The van der Waals surface area contributed by atoms with E-state index in [0.717, 1.165) is 104 Å². The van der Waals surface area contributed by atoms with Crippen molar-refractivity contribution in [3.63, 3.8) is 0 Å². The number of rotatable bonds is 13. The Balaban J connectivity index is 1.03. The molecule has 87 heavy (non-hydrogen) atoms. The maximum Gasteiger partial charge on any atom is 0.159 e. The third kappa shape index (κ3) is 9.60. The zero-order valence-electron chi connectivity index (χ0n) is 50.9. The van der Waals surface area contributed by atoms with E-state index < -0.39 is 0 Å². The third-order valence-corrected chi connectivity index (χ3v) is 19.8. The maximum absolute atomic E-state index is 13.3. The van der Waals surface area contributed by atoms with E-state index in [1.807, 2.05) is 0 Å². The Labute approximate surface area is 512 Å². The molecule has 0 spiro atoms. The number of furan rings is 1. The molecule has 2 fully saturated rings. The van der Waals surface area contributed by atoms with Crippen LogP contribution in [0.1, 0.15) is 143 Å². The number of hydrogen-bond acceptors (Lipinski definition) is 4. The van der Waals surface area contributed by atoms with Crippen LogP contribution in [0.15, 0.2) is 223 Å². The molecule has 1 heterocycles. The van der Waals surface area contributed by atoms with Crippen LogP contribution in [0.25, 0.3) is 87.6 Å². The quantitative estimate of drug-likeness (QED) is 0.117. The molecule has 0 unspecified atom stereocenters. The normalized spacial score (nSPS) is 14.4. The summed E-state index contributed by atoms with van der Waals surface area (Å²) in [5.41, 5.74) is 20.9. The number of aromatic hydroxyl groups is 1. The summed E-state index contributed by atoms with van der Waals surface area (Å²) in [6.07, 6.45) is 12.0. The molecule has 4 nitrogen and oxygen atoms in total. The van der Waals surface area contributed by atoms with Crippen molar-refractivity contribution in [2.24, 2.45) is 0 Å². The lowest BCUT2D eigenvalue weighted by Crippen LogP contribution is -2.15. The fraction of sp³-hybridized carbons (Fsp3) is 0.229. The van der Waals surface area contributed by atoms with E-state index in [9.17, 15) is 5.11 Å². The molecule has 2 saturated carbocycles. The summed E-state index contributed by atoms with van der Waals surface area (Å²) < 4.78 is 7.38. The lowest BCUT2D eigenvalue weighted by Gasteiger charge is -2.34. The van der Waals surface area contributed by atoms with Gasteiger partial charge in [0.15, 0.2) is 5.58 Å². The molecule has 13 aromatic rings. The molecule has 4 heteroatoms. The molecule has 0 radical (unpaired) electrons. The van der Waals surface area contributed by atoms with Crippen molar-refractivity contribution in [2.45, 2.75) is 122 Å². The largest absolute Gasteiger partial charge is 0.505 e. The summed E-state index contributed by atoms with van der Waals surface area (Å²) >= 11 is 0. The van der Waals surface area contributed by atoms with E-state index in [1.54, 1.807) is 0 Å². The Morgan fingerprint density at radius 3 is 1.43 bits per heavy atom. The molecule has 2 aliphatic carbocycles. The van der Waals surface area contributed by atoms with Gasteiger partial charge in [-0.2, -0.15) is 0 Å². The summed E-state index contributed by atoms with van der Waals surface area (Å²) in [5.74, 6) is 1.67. The summed E-state index contributed by atoms with van der Waals surface area (Å²) in [6, 6.07) is 81.0. The number of para-hydroxylation sites is 3. The van der Waals surface area contributed by atoms with Crippen molar-refractivity contribution in [2.75, 3.05) is 9.80 Å². The lowest BCUT2D eigenvalue weighted by molar-refractivity contribution is 0.445. The molecule has 0 saturated heterocycles. The number of phenolic OH excluding ortho intramolecular Hbond substituents is 1. The molecule has 2 aliphatic rings. The Morgan fingerprint density at radius 2 is 0.828 bits per heavy atom. The van der Waals surface area contributed by atoms with Gasteiger partial charge in [-0.05, 0) is 182 Å². The van der Waals surface area contributed by atoms with Gasteiger partial charge in [-0.1, -0.05) is 230 Å². The van der Waals surface area contributed by atoms with Gasteiger partial charge in [0.25, 0.3) is 0 Å². The number of hydrogen-bond donors (Lipinski definition) is 1. The summed E-state index contributed by atoms with van der Waals surface area (Å²) in [7, 11) is 0. The zero-order chi connectivity index (χ0) is 58.9. The van der Waals surface area contributed by atoms with Gasteiger partial charge in [-0.25, -0.2) is 0 Å². The first-order valence-corrected chi connectivity index (χ1v) is 32.2. The Kier molecular flexibility index (Phi) is 14.2. The molecule has 430 valence electrons. The highest BCUT2D eigenvalue weighted by Gasteiger charge is 2.32. The first kappa shape index (κ1) is 54.5. The predicted octanol–water partition coefficient (Wildman–Crippen LogP) is 24.8. The highest BCUT2D eigenvalue weighted by atomic mass is 16.3. The molecule has 15 rings (SSSR count). The topological polar surface area (TPSA) is 39.9 Å². The van der Waals surface area contributed by atoms with Crippen LogP contribution < -0.4 is 9.80 Å². The minimum absolute atomic E-state index is 0.260. The van der Waals surface area contributed by atoms with E-state index in [1.165, 1.54) is 110 Å². The van der Waals surface area contributed by atoms with Gasteiger partial charge >= 0.3 is 0 Å². The van der Waals surface area contributed by atoms with Crippen molar-refractivity contribution < 1.29 is 9.52 Å².